The molecule has 1 aromatic carbocycles. The van der Waals surface area contributed by atoms with Crippen LogP contribution in [0.4, 0.5) is 0 Å². The van der Waals surface area contributed by atoms with Gasteiger partial charge in [0.2, 0.25) is 0 Å². The van der Waals surface area contributed by atoms with Gasteiger partial charge in [-0.05, 0) is 11.6 Å². The zero-order valence-electron chi connectivity index (χ0n) is 10.1. The molecule has 0 saturated carbocycles. The van der Waals surface area contributed by atoms with Crippen LogP contribution in [-0.4, -0.2) is 22.2 Å². The molecule has 0 aliphatic heterocycles. The maximum absolute atomic E-state index is 11.6. The molecule has 1 amide bonds. The summed E-state index contributed by atoms with van der Waals surface area (Å²) in [7, 11) is 0. The second-order valence-corrected chi connectivity index (χ2v) is 3.83. The number of rotatable bonds is 4. The van der Waals surface area contributed by atoms with Crippen molar-refractivity contribution in [3.8, 4) is 0 Å². The molecular formula is C14H13N3O2. The highest BCUT2D eigenvalue weighted by Crippen LogP contribution is 2.11. The Balaban J connectivity index is 1.93. The van der Waals surface area contributed by atoms with Crippen molar-refractivity contribution in [1.29, 1.82) is 0 Å². The van der Waals surface area contributed by atoms with Gasteiger partial charge in [0, 0.05) is 18.0 Å². The molecule has 96 valence electrons. The summed E-state index contributed by atoms with van der Waals surface area (Å²) >= 11 is 0. The van der Waals surface area contributed by atoms with E-state index in [2.05, 4.69) is 15.5 Å². The molecule has 0 aliphatic rings. The lowest BCUT2D eigenvalue weighted by molar-refractivity contribution is -0.129. The number of benzene rings is 1. The Morgan fingerprint density at radius 2 is 2.05 bits per heavy atom. The van der Waals surface area contributed by atoms with Crippen molar-refractivity contribution >= 4 is 12.1 Å². The first-order valence-electron chi connectivity index (χ1n) is 5.73. The standard InChI is InChI=1S/C14H13N3O2/c18-13(12-6-2-1-3-7-12)14(19)17-16-10-11-5-4-8-15-9-11/h1-10,13,18H,(H,17,19)/b16-10-. The minimum atomic E-state index is -1.23. The Morgan fingerprint density at radius 1 is 1.26 bits per heavy atom. The third-order valence-corrected chi connectivity index (χ3v) is 2.44. The third kappa shape index (κ3) is 3.72. The molecule has 0 bridgehead atoms. The fourth-order valence-electron chi connectivity index (χ4n) is 1.47. The zero-order chi connectivity index (χ0) is 13.5. The Kier molecular flexibility index (Phi) is 4.36. The molecule has 2 aromatic rings. The number of carbonyl (C=O) groups is 1. The van der Waals surface area contributed by atoms with Crippen LogP contribution >= 0.6 is 0 Å². The van der Waals surface area contributed by atoms with Crippen LogP contribution in [0, 0.1) is 0 Å². The van der Waals surface area contributed by atoms with Gasteiger partial charge in [0.15, 0.2) is 6.10 Å². The number of aromatic nitrogens is 1. The highest BCUT2D eigenvalue weighted by molar-refractivity contribution is 5.84. The quantitative estimate of drug-likeness (QED) is 0.638. The van der Waals surface area contributed by atoms with Crippen LogP contribution < -0.4 is 5.43 Å². The lowest BCUT2D eigenvalue weighted by Crippen LogP contribution is -2.25. The van der Waals surface area contributed by atoms with E-state index in [1.54, 1.807) is 48.8 Å². The maximum Gasteiger partial charge on any atom is 0.273 e. The average molecular weight is 255 g/mol. The van der Waals surface area contributed by atoms with Gasteiger partial charge in [-0.25, -0.2) is 5.43 Å². The summed E-state index contributed by atoms with van der Waals surface area (Å²) in [5, 5.41) is 13.6. The first-order chi connectivity index (χ1) is 9.27. The molecule has 0 radical (unpaired) electrons. The second-order valence-electron chi connectivity index (χ2n) is 3.83. The molecule has 5 heteroatoms. The van der Waals surface area contributed by atoms with E-state index in [1.165, 1.54) is 6.21 Å². The van der Waals surface area contributed by atoms with Gasteiger partial charge in [-0.15, -0.1) is 0 Å². The topological polar surface area (TPSA) is 74.6 Å². The summed E-state index contributed by atoms with van der Waals surface area (Å²) in [6.45, 7) is 0. The number of aliphatic hydroxyl groups is 1. The van der Waals surface area contributed by atoms with Crippen molar-refractivity contribution in [2.24, 2.45) is 5.10 Å². The molecule has 5 nitrogen and oxygen atoms in total. The van der Waals surface area contributed by atoms with Crippen molar-refractivity contribution in [2.45, 2.75) is 6.10 Å². The number of amides is 1. The van der Waals surface area contributed by atoms with Gasteiger partial charge in [-0.1, -0.05) is 36.4 Å². The zero-order valence-corrected chi connectivity index (χ0v) is 10.1. The van der Waals surface area contributed by atoms with Crippen molar-refractivity contribution in [3.05, 3.63) is 66.0 Å². The summed E-state index contributed by atoms with van der Waals surface area (Å²) in [5.74, 6) is -0.577. The third-order valence-electron chi connectivity index (χ3n) is 2.44. The lowest BCUT2D eigenvalue weighted by Gasteiger charge is -2.08. The summed E-state index contributed by atoms with van der Waals surface area (Å²) < 4.78 is 0. The number of aliphatic hydroxyl groups excluding tert-OH is 1. The van der Waals surface area contributed by atoms with E-state index < -0.39 is 12.0 Å². The number of pyridine rings is 1. The summed E-state index contributed by atoms with van der Waals surface area (Å²) in [6, 6.07) is 12.2. The lowest BCUT2D eigenvalue weighted by atomic mass is 10.1. The van der Waals surface area contributed by atoms with E-state index >= 15 is 0 Å². The van der Waals surface area contributed by atoms with Crippen LogP contribution in [0.15, 0.2) is 60.0 Å². The van der Waals surface area contributed by atoms with Crippen LogP contribution in [-0.2, 0) is 4.79 Å². The van der Waals surface area contributed by atoms with Crippen LogP contribution in [0.1, 0.15) is 17.2 Å². The Hall–Kier alpha value is -2.53. The molecular weight excluding hydrogens is 242 g/mol. The second kappa shape index (κ2) is 6.42. The monoisotopic (exact) mass is 255 g/mol. The van der Waals surface area contributed by atoms with E-state index in [9.17, 15) is 9.90 Å². The van der Waals surface area contributed by atoms with E-state index in [0.717, 1.165) is 5.56 Å². The van der Waals surface area contributed by atoms with Gasteiger partial charge in [0.1, 0.15) is 0 Å². The van der Waals surface area contributed by atoms with E-state index in [1.807, 2.05) is 6.07 Å². The number of hydrazone groups is 1. The first-order valence-corrected chi connectivity index (χ1v) is 5.73. The highest BCUT2D eigenvalue weighted by atomic mass is 16.3. The number of hydrogen-bond donors (Lipinski definition) is 2. The van der Waals surface area contributed by atoms with Crippen LogP contribution in [0.5, 0.6) is 0 Å². The molecule has 2 N–H and O–H groups in total. The van der Waals surface area contributed by atoms with Crippen LogP contribution in [0.2, 0.25) is 0 Å². The molecule has 0 fully saturated rings. The Morgan fingerprint density at radius 3 is 2.74 bits per heavy atom. The van der Waals surface area contributed by atoms with Crippen molar-refractivity contribution in [2.75, 3.05) is 0 Å². The number of nitrogens with zero attached hydrogens (tertiary/aromatic N) is 2. The van der Waals surface area contributed by atoms with Crippen molar-refractivity contribution in [3.63, 3.8) is 0 Å². The molecule has 1 atom stereocenters. The van der Waals surface area contributed by atoms with E-state index in [4.69, 9.17) is 0 Å². The minimum Gasteiger partial charge on any atom is -0.378 e. The highest BCUT2D eigenvalue weighted by Gasteiger charge is 2.15. The van der Waals surface area contributed by atoms with Crippen molar-refractivity contribution in [1.82, 2.24) is 10.4 Å². The smallest absolute Gasteiger partial charge is 0.273 e. The first kappa shape index (κ1) is 12.9. The molecule has 0 aliphatic carbocycles. The molecule has 0 spiro atoms. The van der Waals surface area contributed by atoms with Gasteiger partial charge in [-0.3, -0.25) is 9.78 Å². The summed E-state index contributed by atoms with van der Waals surface area (Å²) in [5.41, 5.74) is 3.57. The SMILES string of the molecule is O=C(N/N=C\c1cccnc1)C(O)c1ccccc1. The molecule has 2 rings (SSSR count). The maximum atomic E-state index is 11.6. The van der Waals surface area contributed by atoms with Gasteiger partial charge in [0.25, 0.3) is 5.91 Å². The number of hydrogen-bond acceptors (Lipinski definition) is 4. The fourth-order valence-corrected chi connectivity index (χ4v) is 1.47. The predicted octanol–water partition coefficient (Wildman–Crippen LogP) is 1.27. The van der Waals surface area contributed by atoms with Gasteiger partial charge < -0.3 is 5.11 Å². The molecule has 1 aromatic heterocycles. The summed E-state index contributed by atoms with van der Waals surface area (Å²) in [6.07, 6.45) is 3.49. The normalized spacial score (nSPS) is 12.3. The summed E-state index contributed by atoms with van der Waals surface area (Å²) in [4.78, 5) is 15.6. The molecule has 1 unspecified atom stereocenters. The van der Waals surface area contributed by atoms with E-state index in [-0.39, 0.29) is 0 Å². The van der Waals surface area contributed by atoms with Gasteiger partial charge in [0.05, 0.1) is 6.21 Å². The van der Waals surface area contributed by atoms with Gasteiger partial charge in [-0.2, -0.15) is 5.10 Å². The van der Waals surface area contributed by atoms with Crippen LogP contribution in [0.25, 0.3) is 0 Å². The van der Waals surface area contributed by atoms with Crippen LogP contribution in [0.3, 0.4) is 0 Å². The van der Waals surface area contributed by atoms with Crippen molar-refractivity contribution < 1.29 is 9.90 Å². The fraction of sp³-hybridized carbons (Fsp3) is 0.0714. The molecule has 0 saturated heterocycles. The molecule has 19 heavy (non-hydrogen) atoms. The number of nitrogens with one attached hydrogen (secondary N) is 1. The Labute approximate surface area is 110 Å². The largest absolute Gasteiger partial charge is 0.378 e. The Bertz CT molecular complexity index is 555. The van der Waals surface area contributed by atoms with E-state index in [0.29, 0.717) is 5.56 Å². The molecule has 1 heterocycles. The number of carbonyl (C=O) groups excluding carboxylic acids is 1. The average Bonchev–Trinajstić information content (AvgIpc) is 2.48. The predicted molar refractivity (Wildman–Crippen MR) is 71.4 cm³/mol. The van der Waals surface area contributed by atoms with Gasteiger partial charge >= 0.3 is 0 Å². The minimum absolute atomic E-state index is 0.525.